The van der Waals surface area contributed by atoms with Crippen molar-refractivity contribution in [2.45, 2.75) is 25.8 Å². The summed E-state index contributed by atoms with van der Waals surface area (Å²) in [7, 11) is 0. The number of nitrogens with one attached hydrogen (secondary N) is 1. The molecule has 2 heterocycles. The molecule has 0 spiro atoms. The second-order valence-corrected chi connectivity index (χ2v) is 6.56. The van der Waals surface area contributed by atoms with E-state index in [1.165, 1.54) is 17.8 Å². The summed E-state index contributed by atoms with van der Waals surface area (Å²) < 4.78 is 0. The summed E-state index contributed by atoms with van der Waals surface area (Å²) in [5.74, 6) is 1.32. The van der Waals surface area contributed by atoms with Crippen LogP contribution in [0.5, 0.6) is 0 Å². The molecule has 1 aliphatic carbocycles. The Bertz CT molecular complexity index is 481. The largest absolute Gasteiger partial charge is 0.327 e. The number of nitrogens with zero attached hydrogens (tertiary/aromatic N) is 2. The predicted molar refractivity (Wildman–Crippen MR) is 83.4 cm³/mol. The van der Waals surface area contributed by atoms with Gasteiger partial charge in [0.15, 0.2) is 5.13 Å². The number of rotatable bonds is 3. The molecule has 3 N–H and O–H groups in total. The first-order chi connectivity index (χ1) is 9.11. The quantitative estimate of drug-likeness (QED) is 0.886. The van der Waals surface area contributed by atoms with E-state index in [0.717, 1.165) is 25.2 Å². The Morgan fingerprint density at radius 1 is 1.55 bits per heavy atom. The third-order valence-electron chi connectivity index (χ3n) is 4.22. The van der Waals surface area contributed by atoms with Gasteiger partial charge < -0.3 is 11.1 Å². The Hall–Kier alpha value is -0.690. The van der Waals surface area contributed by atoms with Crippen molar-refractivity contribution in [3.05, 3.63) is 11.1 Å². The van der Waals surface area contributed by atoms with Crippen LogP contribution in [0.15, 0.2) is 5.38 Å². The summed E-state index contributed by atoms with van der Waals surface area (Å²) in [4.78, 5) is 18.4. The van der Waals surface area contributed by atoms with E-state index in [1.807, 2.05) is 12.3 Å². The summed E-state index contributed by atoms with van der Waals surface area (Å²) >= 11 is 1.47. The maximum absolute atomic E-state index is 12.0. The van der Waals surface area contributed by atoms with Gasteiger partial charge in [0.05, 0.1) is 12.2 Å². The average molecular weight is 317 g/mol. The molecule has 0 aromatic carbocycles. The van der Waals surface area contributed by atoms with Gasteiger partial charge in [-0.15, -0.1) is 23.7 Å². The van der Waals surface area contributed by atoms with Crippen molar-refractivity contribution in [1.29, 1.82) is 0 Å². The molecule has 1 saturated carbocycles. The average Bonchev–Trinajstić information content (AvgIpc) is 2.99. The molecule has 2 fully saturated rings. The van der Waals surface area contributed by atoms with Crippen LogP contribution in [0.3, 0.4) is 0 Å². The van der Waals surface area contributed by atoms with Crippen molar-refractivity contribution in [2.24, 2.45) is 17.6 Å². The first-order valence-electron chi connectivity index (χ1n) is 6.82. The number of amides is 1. The van der Waals surface area contributed by atoms with Crippen molar-refractivity contribution in [1.82, 2.24) is 9.88 Å². The first-order valence-corrected chi connectivity index (χ1v) is 7.69. The molecule has 20 heavy (non-hydrogen) atoms. The van der Waals surface area contributed by atoms with Gasteiger partial charge in [0, 0.05) is 24.5 Å². The van der Waals surface area contributed by atoms with E-state index in [2.05, 4.69) is 15.2 Å². The Kier molecular flexibility index (Phi) is 5.01. The van der Waals surface area contributed by atoms with Crippen LogP contribution in [0.25, 0.3) is 0 Å². The van der Waals surface area contributed by atoms with Crippen LogP contribution >= 0.6 is 23.7 Å². The highest BCUT2D eigenvalue weighted by Gasteiger charge is 2.41. The smallest absolute Gasteiger partial charge is 0.240 e. The molecule has 1 saturated heterocycles. The fraction of sp³-hybridized carbons (Fsp3) is 0.692. The number of thiazole rings is 1. The van der Waals surface area contributed by atoms with Crippen LogP contribution in [-0.2, 0) is 4.79 Å². The highest BCUT2D eigenvalue weighted by molar-refractivity contribution is 7.13. The monoisotopic (exact) mass is 316 g/mol. The number of hydrogen-bond acceptors (Lipinski definition) is 5. The lowest BCUT2D eigenvalue weighted by molar-refractivity contribution is -0.117. The third-order valence-corrected chi connectivity index (χ3v) is 5.10. The summed E-state index contributed by atoms with van der Waals surface area (Å²) in [6.07, 6.45) is 2.36. The van der Waals surface area contributed by atoms with Crippen LogP contribution < -0.4 is 11.1 Å². The molecule has 3 atom stereocenters. The fourth-order valence-corrected chi connectivity index (χ4v) is 4.01. The molecule has 3 unspecified atom stereocenters. The topological polar surface area (TPSA) is 71.2 Å². The first kappa shape index (κ1) is 15.7. The lowest BCUT2D eigenvalue weighted by Gasteiger charge is -2.17. The number of halogens is 1. The second-order valence-electron chi connectivity index (χ2n) is 5.70. The molecule has 5 nitrogen and oxygen atoms in total. The summed E-state index contributed by atoms with van der Waals surface area (Å²) in [6, 6.07) is 0.333. The molecule has 1 aliphatic heterocycles. The van der Waals surface area contributed by atoms with E-state index in [1.54, 1.807) is 0 Å². The SMILES string of the molecule is Cc1csc(NC(=O)CN2CC3CCC(N)C3C2)n1.Cl. The maximum Gasteiger partial charge on any atom is 0.240 e. The Balaban J connectivity index is 0.00000147. The van der Waals surface area contributed by atoms with Crippen LogP contribution in [0.4, 0.5) is 5.13 Å². The van der Waals surface area contributed by atoms with E-state index < -0.39 is 0 Å². The van der Waals surface area contributed by atoms with Crippen molar-refractivity contribution >= 4 is 34.8 Å². The molecular formula is C13H21ClN4OS. The number of fused-ring (bicyclic) bond motifs is 1. The minimum atomic E-state index is 0. The van der Waals surface area contributed by atoms with E-state index in [4.69, 9.17) is 5.73 Å². The Labute approximate surface area is 129 Å². The second kappa shape index (κ2) is 6.39. The Morgan fingerprint density at radius 2 is 2.35 bits per heavy atom. The number of likely N-dealkylation sites (tertiary alicyclic amines) is 1. The standard InChI is InChI=1S/C13H20N4OS.ClH/c1-8-7-19-13(15-8)16-12(18)6-17-4-9-2-3-11(14)10(9)5-17;/h7,9-11H,2-6,14H2,1H3,(H,15,16,18);1H. The summed E-state index contributed by atoms with van der Waals surface area (Å²) in [6.45, 7) is 4.37. The van der Waals surface area contributed by atoms with Gasteiger partial charge in [-0.05, 0) is 31.6 Å². The van der Waals surface area contributed by atoms with Gasteiger partial charge in [0.25, 0.3) is 0 Å². The van der Waals surface area contributed by atoms with Crippen LogP contribution in [-0.4, -0.2) is 41.5 Å². The number of carbonyl (C=O) groups excluding carboxylic acids is 1. The van der Waals surface area contributed by atoms with E-state index >= 15 is 0 Å². The zero-order valence-electron chi connectivity index (χ0n) is 11.5. The molecule has 1 aromatic rings. The number of anilines is 1. The van der Waals surface area contributed by atoms with Crippen LogP contribution in [0, 0.1) is 18.8 Å². The molecule has 112 valence electrons. The van der Waals surface area contributed by atoms with E-state index in [9.17, 15) is 4.79 Å². The minimum absolute atomic E-state index is 0. The number of hydrogen-bond donors (Lipinski definition) is 2. The van der Waals surface area contributed by atoms with Gasteiger partial charge in [-0.25, -0.2) is 4.98 Å². The highest BCUT2D eigenvalue weighted by atomic mass is 35.5. The predicted octanol–water partition coefficient (Wildman–Crippen LogP) is 1.48. The number of carbonyl (C=O) groups is 1. The van der Waals surface area contributed by atoms with Gasteiger partial charge in [-0.1, -0.05) is 0 Å². The molecular weight excluding hydrogens is 296 g/mol. The molecule has 2 aliphatic rings. The fourth-order valence-electron chi connectivity index (χ4n) is 3.30. The lowest BCUT2D eigenvalue weighted by atomic mass is 9.98. The normalized spacial score (nSPS) is 29.0. The van der Waals surface area contributed by atoms with E-state index in [-0.39, 0.29) is 18.3 Å². The number of aromatic nitrogens is 1. The highest BCUT2D eigenvalue weighted by Crippen LogP contribution is 2.36. The van der Waals surface area contributed by atoms with Gasteiger partial charge in [0.2, 0.25) is 5.91 Å². The van der Waals surface area contributed by atoms with Gasteiger partial charge in [0.1, 0.15) is 0 Å². The zero-order chi connectivity index (χ0) is 13.4. The van der Waals surface area contributed by atoms with E-state index in [0.29, 0.717) is 29.6 Å². The minimum Gasteiger partial charge on any atom is -0.327 e. The van der Waals surface area contributed by atoms with Gasteiger partial charge in [-0.2, -0.15) is 0 Å². The van der Waals surface area contributed by atoms with Crippen LogP contribution in [0.2, 0.25) is 0 Å². The molecule has 3 rings (SSSR count). The summed E-state index contributed by atoms with van der Waals surface area (Å²) in [5, 5.41) is 5.49. The molecule has 1 aromatic heterocycles. The van der Waals surface area contributed by atoms with Gasteiger partial charge >= 0.3 is 0 Å². The molecule has 0 radical (unpaired) electrons. The number of aryl methyl sites for hydroxylation is 1. The number of nitrogens with two attached hydrogens (primary N) is 1. The molecule has 0 bridgehead atoms. The van der Waals surface area contributed by atoms with Crippen molar-refractivity contribution in [3.8, 4) is 0 Å². The van der Waals surface area contributed by atoms with Gasteiger partial charge in [-0.3, -0.25) is 9.69 Å². The lowest BCUT2D eigenvalue weighted by Crippen LogP contribution is -2.34. The van der Waals surface area contributed by atoms with Crippen molar-refractivity contribution < 1.29 is 4.79 Å². The van der Waals surface area contributed by atoms with Crippen LogP contribution in [0.1, 0.15) is 18.5 Å². The third kappa shape index (κ3) is 3.31. The maximum atomic E-state index is 12.0. The van der Waals surface area contributed by atoms with Crippen molar-refractivity contribution in [2.75, 3.05) is 25.0 Å². The van der Waals surface area contributed by atoms with Crippen molar-refractivity contribution in [3.63, 3.8) is 0 Å². The molecule has 7 heteroatoms. The molecule has 1 amide bonds. The zero-order valence-corrected chi connectivity index (χ0v) is 13.2. The Morgan fingerprint density at radius 3 is 3.00 bits per heavy atom. The summed E-state index contributed by atoms with van der Waals surface area (Å²) in [5.41, 5.74) is 7.05.